The first-order valence-electron chi connectivity index (χ1n) is 5.64. The molecule has 2 rings (SSSR count). The number of hydrogen-bond acceptors (Lipinski definition) is 5. The van der Waals surface area contributed by atoms with Gasteiger partial charge in [-0.2, -0.15) is 9.90 Å². The Hall–Kier alpha value is -2.02. The number of carbonyl (C=O) groups is 1. The van der Waals surface area contributed by atoms with Crippen LogP contribution in [0.2, 0.25) is 0 Å². The summed E-state index contributed by atoms with van der Waals surface area (Å²) in [5.41, 5.74) is 0.914. The van der Waals surface area contributed by atoms with E-state index in [-0.39, 0.29) is 23.7 Å². The summed E-state index contributed by atoms with van der Waals surface area (Å²) in [5.74, 6) is -0.503. The zero-order valence-corrected chi connectivity index (χ0v) is 11.2. The van der Waals surface area contributed by atoms with Crippen LogP contribution in [0, 0.1) is 0 Å². The van der Waals surface area contributed by atoms with E-state index >= 15 is 0 Å². The molecule has 0 aliphatic heterocycles. The number of sulfone groups is 1. The standard InChI is InChI=1S/C12H13N3O3S/c1-19(17,18)8-7-12(16)11-9-13-15(14-11)10-5-3-2-4-6-10/h2-6,9H,7-8H2,1H3. The molecule has 0 atom stereocenters. The highest BCUT2D eigenvalue weighted by molar-refractivity contribution is 7.90. The monoisotopic (exact) mass is 279 g/mol. The van der Waals surface area contributed by atoms with Crippen molar-refractivity contribution in [1.29, 1.82) is 0 Å². The van der Waals surface area contributed by atoms with E-state index in [1.165, 1.54) is 11.0 Å². The van der Waals surface area contributed by atoms with Crippen LogP contribution in [-0.4, -0.2) is 41.2 Å². The van der Waals surface area contributed by atoms with Gasteiger partial charge in [0, 0.05) is 12.7 Å². The quantitative estimate of drug-likeness (QED) is 0.759. The third-order valence-electron chi connectivity index (χ3n) is 2.46. The molecule has 0 radical (unpaired) electrons. The summed E-state index contributed by atoms with van der Waals surface area (Å²) < 4.78 is 22.0. The molecule has 0 N–H and O–H groups in total. The molecular formula is C12H13N3O3S. The second-order valence-electron chi connectivity index (χ2n) is 4.16. The minimum absolute atomic E-state index is 0.0771. The maximum atomic E-state index is 11.8. The Labute approximate surface area is 111 Å². The van der Waals surface area contributed by atoms with Gasteiger partial charge in [-0.3, -0.25) is 4.79 Å². The number of Topliss-reactive ketones (excluding diaryl/α,β-unsaturated/α-hetero) is 1. The first-order valence-corrected chi connectivity index (χ1v) is 7.70. The SMILES string of the molecule is CS(=O)(=O)CCC(=O)c1cnn(-c2ccccc2)n1. The fraction of sp³-hybridized carbons (Fsp3) is 0.250. The summed E-state index contributed by atoms with van der Waals surface area (Å²) in [7, 11) is -3.15. The van der Waals surface area contributed by atoms with Crippen molar-refractivity contribution in [3.05, 3.63) is 42.2 Å². The molecule has 2 aromatic rings. The van der Waals surface area contributed by atoms with Crippen molar-refractivity contribution in [2.45, 2.75) is 6.42 Å². The van der Waals surface area contributed by atoms with Gasteiger partial charge < -0.3 is 0 Å². The summed E-state index contributed by atoms with van der Waals surface area (Å²) in [6.45, 7) is 0. The lowest BCUT2D eigenvalue weighted by Gasteiger charge is -1.98. The summed E-state index contributed by atoms with van der Waals surface area (Å²) in [6, 6.07) is 9.16. The molecule has 6 nitrogen and oxygen atoms in total. The molecule has 100 valence electrons. The molecule has 19 heavy (non-hydrogen) atoms. The molecule has 0 aliphatic rings. The van der Waals surface area contributed by atoms with Gasteiger partial charge in [-0.15, -0.1) is 5.10 Å². The second-order valence-corrected chi connectivity index (χ2v) is 6.42. The van der Waals surface area contributed by atoms with Gasteiger partial charge in [0.25, 0.3) is 0 Å². The number of benzene rings is 1. The fourth-order valence-electron chi connectivity index (χ4n) is 1.48. The Kier molecular flexibility index (Phi) is 3.75. The number of rotatable bonds is 5. The Bertz CT molecular complexity index is 677. The van der Waals surface area contributed by atoms with Crippen LogP contribution >= 0.6 is 0 Å². The van der Waals surface area contributed by atoms with Crippen molar-refractivity contribution in [3.8, 4) is 5.69 Å². The number of ketones is 1. The molecule has 0 amide bonds. The number of para-hydroxylation sites is 1. The summed E-state index contributed by atoms with van der Waals surface area (Å²) in [6.07, 6.45) is 2.37. The predicted molar refractivity (Wildman–Crippen MR) is 70.0 cm³/mol. The highest BCUT2D eigenvalue weighted by atomic mass is 32.2. The Morgan fingerprint density at radius 1 is 1.26 bits per heavy atom. The summed E-state index contributed by atoms with van der Waals surface area (Å²) >= 11 is 0. The number of hydrogen-bond donors (Lipinski definition) is 0. The van der Waals surface area contributed by atoms with E-state index in [0.717, 1.165) is 11.9 Å². The molecule has 7 heteroatoms. The molecule has 0 fully saturated rings. The molecule has 1 aromatic carbocycles. The molecule has 0 saturated heterocycles. The van der Waals surface area contributed by atoms with Crippen LogP contribution in [0.4, 0.5) is 0 Å². The van der Waals surface area contributed by atoms with Crippen LogP contribution in [0.15, 0.2) is 36.5 Å². The second kappa shape index (κ2) is 5.31. The van der Waals surface area contributed by atoms with Crippen molar-refractivity contribution < 1.29 is 13.2 Å². The zero-order chi connectivity index (χ0) is 13.9. The first kappa shape index (κ1) is 13.4. The summed E-state index contributed by atoms with van der Waals surface area (Å²) in [4.78, 5) is 13.1. The first-order chi connectivity index (χ1) is 8.96. The Morgan fingerprint density at radius 2 is 1.95 bits per heavy atom. The molecule has 0 saturated carbocycles. The largest absolute Gasteiger partial charge is 0.292 e. The minimum Gasteiger partial charge on any atom is -0.292 e. The number of carbonyl (C=O) groups excluding carboxylic acids is 1. The van der Waals surface area contributed by atoms with E-state index in [1.54, 1.807) is 0 Å². The zero-order valence-electron chi connectivity index (χ0n) is 10.4. The van der Waals surface area contributed by atoms with Crippen molar-refractivity contribution in [2.24, 2.45) is 0 Å². The van der Waals surface area contributed by atoms with Crippen LogP contribution in [0.1, 0.15) is 16.9 Å². The van der Waals surface area contributed by atoms with Crippen molar-refractivity contribution >= 4 is 15.6 Å². The van der Waals surface area contributed by atoms with Crippen molar-refractivity contribution in [2.75, 3.05) is 12.0 Å². The highest BCUT2D eigenvalue weighted by Crippen LogP contribution is 2.06. The number of aromatic nitrogens is 3. The lowest BCUT2D eigenvalue weighted by Crippen LogP contribution is -2.10. The third kappa shape index (κ3) is 3.72. The van der Waals surface area contributed by atoms with Crippen LogP contribution in [-0.2, 0) is 9.84 Å². The van der Waals surface area contributed by atoms with Crippen molar-refractivity contribution in [1.82, 2.24) is 15.0 Å². The van der Waals surface area contributed by atoms with Crippen molar-refractivity contribution in [3.63, 3.8) is 0 Å². The van der Waals surface area contributed by atoms with Gasteiger partial charge in [-0.05, 0) is 12.1 Å². The topological polar surface area (TPSA) is 81.9 Å². The van der Waals surface area contributed by atoms with Crippen LogP contribution < -0.4 is 0 Å². The average molecular weight is 279 g/mol. The van der Waals surface area contributed by atoms with Crippen LogP contribution in [0.3, 0.4) is 0 Å². The van der Waals surface area contributed by atoms with Gasteiger partial charge in [0.15, 0.2) is 5.78 Å². The smallest absolute Gasteiger partial charge is 0.185 e. The Morgan fingerprint density at radius 3 is 2.58 bits per heavy atom. The molecule has 1 aromatic heterocycles. The normalized spacial score (nSPS) is 11.4. The fourth-order valence-corrected chi connectivity index (χ4v) is 2.04. The summed E-state index contributed by atoms with van der Waals surface area (Å²) in [5, 5.41) is 8.03. The van der Waals surface area contributed by atoms with Gasteiger partial charge >= 0.3 is 0 Å². The highest BCUT2D eigenvalue weighted by Gasteiger charge is 2.14. The predicted octanol–water partition coefficient (Wildman–Crippen LogP) is 0.885. The van der Waals surface area contributed by atoms with E-state index in [9.17, 15) is 13.2 Å². The molecule has 0 aliphatic carbocycles. The van der Waals surface area contributed by atoms with Gasteiger partial charge in [0.1, 0.15) is 15.5 Å². The molecule has 0 unspecified atom stereocenters. The van der Waals surface area contributed by atoms with E-state index in [0.29, 0.717) is 0 Å². The van der Waals surface area contributed by atoms with Crippen LogP contribution in [0.25, 0.3) is 5.69 Å². The molecule has 1 heterocycles. The van der Waals surface area contributed by atoms with Gasteiger partial charge in [0.05, 0.1) is 17.6 Å². The van der Waals surface area contributed by atoms with E-state index in [1.807, 2.05) is 30.3 Å². The van der Waals surface area contributed by atoms with Gasteiger partial charge in [0.2, 0.25) is 0 Å². The average Bonchev–Trinajstić information content (AvgIpc) is 2.86. The number of nitrogens with zero attached hydrogens (tertiary/aromatic N) is 3. The van der Waals surface area contributed by atoms with Gasteiger partial charge in [-0.25, -0.2) is 8.42 Å². The van der Waals surface area contributed by atoms with E-state index in [2.05, 4.69) is 10.2 Å². The maximum absolute atomic E-state index is 11.8. The van der Waals surface area contributed by atoms with Gasteiger partial charge in [-0.1, -0.05) is 18.2 Å². The van der Waals surface area contributed by atoms with E-state index in [4.69, 9.17) is 0 Å². The molecule has 0 spiro atoms. The van der Waals surface area contributed by atoms with Crippen LogP contribution in [0.5, 0.6) is 0 Å². The molecule has 0 bridgehead atoms. The minimum atomic E-state index is -3.15. The lowest BCUT2D eigenvalue weighted by molar-refractivity contribution is 0.0983. The molecular weight excluding hydrogens is 266 g/mol. The third-order valence-corrected chi connectivity index (χ3v) is 3.41. The lowest BCUT2D eigenvalue weighted by atomic mass is 10.2. The maximum Gasteiger partial charge on any atom is 0.185 e. The Balaban J connectivity index is 2.11. The van der Waals surface area contributed by atoms with E-state index < -0.39 is 9.84 Å².